The third kappa shape index (κ3) is 3.28. The average Bonchev–Trinajstić information content (AvgIpc) is 3.28. The Labute approximate surface area is 168 Å². The summed E-state index contributed by atoms with van der Waals surface area (Å²) in [6.07, 6.45) is 3.91. The summed E-state index contributed by atoms with van der Waals surface area (Å²) in [6.45, 7) is 0.851. The van der Waals surface area contributed by atoms with Gasteiger partial charge in [0.25, 0.3) is 0 Å². The molecule has 2 aromatic carbocycles. The lowest BCUT2D eigenvalue weighted by Gasteiger charge is -2.37. The summed E-state index contributed by atoms with van der Waals surface area (Å²) in [5, 5.41) is 5.38. The van der Waals surface area contributed by atoms with E-state index in [2.05, 4.69) is 10.1 Å². The summed E-state index contributed by atoms with van der Waals surface area (Å²) in [5.74, 6) is -1.88. The summed E-state index contributed by atoms with van der Waals surface area (Å²) in [6, 6.07) is 7.74. The maximum absolute atomic E-state index is 13.6. The number of hydrazone groups is 1. The molecule has 30 heavy (non-hydrogen) atoms. The molecule has 0 saturated carbocycles. The Balaban J connectivity index is 1.29. The number of amides is 2. The number of likely N-dealkylation sites (tertiary alicyclic amines) is 1. The Morgan fingerprint density at radius 3 is 2.70 bits per heavy atom. The highest BCUT2D eigenvalue weighted by atomic mass is 19.1. The van der Waals surface area contributed by atoms with Crippen LogP contribution in [-0.4, -0.2) is 40.2 Å². The van der Waals surface area contributed by atoms with Crippen molar-refractivity contribution in [2.24, 2.45) is 5.10 Å². The van der Waals surface area contributed by atoms with Gasteiger partial charge in [0.15, 0.2) is 5.58 Å². The van der Waals surface area contributed by atoms with Crippen LogP contribution in [0, 0.1) is 11.6 Å². The van der Waals surface area contributed by atoms with Crippen LogP contribution < -0.4 is 5.76 Å². The van der Waals surface area contributed by atoms with Crippen LogP contribution in [0.3, 0.4) is 0 Å². The largest absolute Gasteiger partial charge is 0.417 e. The first-order valence-corrected chi connectivity index (χ1v) is 9.35. The van der Waals surface area contributed by atoms with E-state index in [4.69, 9.17) is 4.42 Å². The zero-order valence-corrected chi connectivity index (χ0v) is 15.6. The lowest BCUT2D eigenvalue weighted by atomic mass is 10.0. The fourth-order valence-corrected chi connectivity index (χ4v) is 3.75. The van der Waals surface area contributed by atoms with Gasteiger partial charge in [0.2, 0.25) is 0 Å². The third-order valence-corrected chi connectivity index (χ3v) is 5.17. The number of carbonyl (C=O) groups excluding carboxylic acids is 1. The van der Waals surface area contributed by atoms with E-state index in [1.165, 1.54) is 17.1 Å². The van der Waals surface area contributed by atoms with E-state index in [-0.39, 0.29) is 6.03 Å². The second-order valence-electron chi connectivity index (χ2n) is 7.31. The standard InChI is InChI=1S/C21H16F2N4O3/c22-15-7-14(8-16(23)9-15)18-3-4-24-27(18)21(29)26-10-13(11-26)5-12-1-2-19-17(6-12)25-20(28)30-19/h1-2,4-9,18H,3,10-11H2,(H,25,28)/t18-/m0/s1. The molecule has 1 aromatic heterocycles. The first kappa shape index (κ1) is 18.3. The van der Waals surface area contributed by atoms with Crippen molar-refractivity contribution in [2.75, 3.05) is 13.1 Å². The molecule has 152 valence electrons. The van der Waals surface area contributed by atoms with Crippen LogP contribution >= 0.6 is 0 Å². The fraction of sp³-hybridized carbons (Fsp3) is 0.190. The highest BCUT2D eigenvalue weighted by molar-refractivity contribution is 5.81. The van der Waals surface area contributed by atoms with E-state index in [9.17, 15) is 18.4 Å². The van der Waals surface area contributed by atoms with Gasteiger partial charge in [-0.1, -0.05) is 12.1 Å². The smallest absolute Gasteiger partial charge is 0.408 e. The molecule has 0 unspecified atom stereocenters. The predicted octanol–water partition coefficient (Wildman–Crippen LogP) is 3.65. The van der Waals surface area contributed by atoms with Crippen molar-refractivity contribution in [1.29, 1.82) is 0 Å². The maximum Gasteiger partial charge on any atom is 0.417 e. The van der Waals surface area contributed by atoms with Crippen molar-refractivity contribution >= 4 is 29.4 Å². The van der Waals surface area contributed by atoms with Gasteiger partial charge in [0.1, 0.15) is 11.6 Å². The van der Waals surface area contributed by atoms with Crippen LogP contribution in [0.5, 0.6) is 0 Å². The number of aromatic nitrogens is 1. The average molecular weight is 410 g/mol. The van der Waals surface area contributed by atoms with Crippen molar-refractivity contribution in [1.82, 2.24) is 14.9 Å². The number of hydrogen-bond donors (Lipinski definition) is 1. The maximum atomic E-state index is 13.6. The highest BCUT2D eigenvalue weighted by Gasteiger charge is 2.35. The number of H-pyrrole nitrogens is 1. The topological polar surface area (TPSA) is 81.9 Å². The van der Waals surface area contributed by atoms with E-state index < -0.39 is 23.4 Å². The van der Waals surface area contributed by atoms with Crippen LogP contribution in [0.4, 0.5) is 13.6 Å². The molecule has 1 saturated heterocycles. The molecule has 3 heterocycles. The molecule has 0 radical (unpaired) electrons. The summed E-state index contributed by atoms with van der Waals surface area (Å²) in [4.78, 5) is 28.3. The highest BCUT2D eigenvalue weighted by Crippen LogP contribution is 2.32. The van der Waals surface area contributed by atoms with E-state index in [0.717, 1.165) is 17.2 Å². The lowest BCUT2D eigenvalue weighted by Crippen LogP contribution is -2.49. The van der Waals surface area contributed by atoms with Gasteiger partial charge in [-0.05, 0) is 41.0 Å². The molecule has 7 nitrogen and oxygen atoms in total. The Kier molecular flexibility index (Phi) is 4.23. The Morgan fingerprint density at radius 2 is 1.93 bits per heavy atom. The predicted molar refractivity (Wildman–Crippen MR) is 106 cm³/mol. The minimum atomic E-state index is -0.686. The number of fused-ring (bicyclic) bond motifs is 1. The Bertz CT molecular complexity index is 1250. The molecule has 9 heteroatoms. The molecular weight excluding hydrogens is 394 g/mol. The normalized spacial score (nSPS) is 18.2. The van der Waals surface area contributed by atoms with Gasteiger partial charge in [-0.15, -0.1) is 0 Å². The van der Waals surface area contributed by atoms with Crippen LogP contribution in [-0.2, 0) is 0 Å². The van der Waals surface area contributed by atoms with Gasteiger partial charge in [-0.3, -0.25) is 4.98 Å². The van der Waals surface area contributed by atoms with Gasteiger partial charge in [0.05, 0.1) is 11.6 Å². The number of aromatic amines is 1. The lowest BCUT2D eigenvalue weighted by molar-refractivity contribution is 0.136. The van der Waals surface area contributed by atoms with E-state index >= 15 is 0 Å². The monoisotopic (exact) mass is 410 g/mol. The number of halogens is 2. The van der Waals surface area contributed by atoms with Crippen molar-refractivity contribution in [2.45, 2.75) is 12.5 Å². The molecule has 0 aliphatic carbocycles. The van der Waals surface area contributed by atoms with Crippen molar-refractivity contribution in [3.05, 3.63) is 75.3 Å². The first-order valence-electron chi connectivity index (χ1n) is 9.35. The number of nitrogens with one attached hydrogen (secondary N) is 1. The molecule has 1 N–H and O–H groups in total. The van der Waals surface area contributed by atoms with Crippen LogP contribution in [0.1, 0.15) is 23.6 Å². The number of hydrogen-bond acceptors (Lipinski definition) is 4. The molecule has 3 aromatic rings. The molecular formula is C21H16F2N4O3. The van der Waals surface area contributed by atoms with Crippen LogP contribution in [0.25, 0.3) is 17.2 Å². The fourth-order valence-electron chi connectivity index (χ4n) is 3.75. The zero-order chi connectivity index (χ0) is 20.8. The number of benzene rings is 2. The molecule has 1 atom stereocenters. The molecule has 2 aliphatic rings. The molecule has 2 amide bonds. The van der Waals surface area contributed by atoms with Crippen molar-refractivity contribution < 1.29 is 18.0 Å². The number of carbonyl (C=O) groups is 1. The molecule has 0 spiro atoms. The number of oxazole rings is 1. The van der Waals surface area contributed by atoms with Gasteiger partial charge in [-0.2, -0.15) is 5.10 Å². The number of rotatable bonds is 2. The summed E-state index contributed by atoms with van der Waals surface area (Å²) < 4.78 is 32.1. The summed E-state index contributed by atoms with van der Waals surface area (Å²) in [5.41, 5.74) is 3.38. The zero-order valence-electron chi connectivity index (χ0n) is 15.6. The van der Waals surface area contributed by atoms with Gasteiger partial charge in [0, 0.05) is 31.8 Å². The second-order valence-corrected chi connectivity index (χ2v) is 7.31. The summed E-state index contributed by atoms with van der Waals surface area (Å²) in [7, 11) is 0. The number of urea groups is 1. The quantitative estimate of drug-likeness (QED) is 0.700. The van der Waals surface area contributed by atoms with E-state index in [1.807, 2.05) is 12.1 Å². The Morgan fingerprint density at radius 1 is 1.17 bits per heavy atom. The molecule has 5 rings (SSSR count). The van der Waals surface area contributed by atoms with Crippen molar-refractivity contribution in [3.8, 4) is 0 Å². The van der Waals surface area contributed by atoms with Gasteiger partial charge in [-0.25, -0.2) is 23.4 Å². The number of nitrogens with zero attached hydrogens (tertiary/aromatic N) is 3. The molecule has 0 bridgehead atoms. The van der Waals surface area contributed by atoms with Crippen molar-refractivity contribution in [3.63, 3.8) is 0 Å². The minimum Gasteiger partial charge on any atom is -0.408 e. The van der Waals surface area contributed by atoms with Crippen LogP contribution in [0.15, 0.2) is 56.3 Å². The SMILES string of the molecule is O=C(N1CC(=Cc2ccc3oc(=O)[nH]c3c2)C1)N1N=CC[C@H]1c1cc(F)cc(F)c1. The first-order chi connectivity index (χ1) is 14.5. The third-order valence-electron chi connectivity index (χ3n) is 5.17. The summed E-state index contributed by atoms with van der Waals surface area (Å²) >= 11 is 0. The van der Waals surface area contributed by atoms with Gasteiger partial charge < -0.3 is 9.32 Å². The molecule has 2 aliphatic heterocycles. The molecule has 1 fully saturated rings. The van der Waals surface area contributed by atoms with E-state index in [0.29, 0.717) is 36.2 Å². The van der Waals surface area contributed by atoms with Gasteiger partial charge >= 0.3 is 11.8 Å². The van der Waals surface area contributed by atoms with E-state index in [1.54, 1.807) is 23.2 Å². The van der Waals surface area contributed by atoms with Crippen LogP contribution in [0.2, 0.25) is 0 Å². The second kappa shape index (κ2) is 6.94. The minimum absolute atomic E-state index is 0.315. The Hall–Kier alpha value is -3.75.